The van der Waals surface area contributed by atoms with Crippen LogP contribution in [0.3, 0.4) is 0 Å². The zero-order valence-corrected chi connectivity index (χ0v) is 10.2. The molecule has 17 heavy (non-hydrogen) atoms. The van der Waals surface area contributed by atoms with Crippen molar-refractivity contribution in [2.45, 2.75) is 18.9 Å². The summed E-state index contributed by atoms with van der Waals surface area (Å²) in [6, 6.07) is 10.6. The number of benzene rings is 2. The lowest BCUT2D eigenvalue weighted by atomic mass is 10.00. The summed E-state index contributed by atoms with van der Waals surface area (Å²) in [6.07, 6.45) is 2.47. The first-order valence-corrected chi connectivity index (χ1v) is 5.96. The molecule has 2 nitrogen and oxygen atoms in total. The fourth-order valence-corrected chi connectivity index (χ4v) is 2.77. The van der Waals surface area contributed by atoms with Crippen LogP contribution in [0.4, 0.5) is 0 Å². The lowest BCUT2D eigenvalue weighted by Crippen LogP contribution is -1.96. The molecule has 2 aromatic carbocycles. The molecule has 3 rings (SSSR count). The first kappa shape index (κ1) is 10.6. The van der Waals surface area contributed by atoms with Gasteiger partial charge >= 0.3 is 0 Å². The molecule has 0 saturated carbocycles. The van der Waals surface area contributed by atoms with Gasteiger partial charge in [0.1, 0.15) is 5.75 Å². The van der Waals surface area contributed by atoms with Crippen LogP contribution in [0.1, 0.15) is 23.7 Å². The van der Waals surface area contributed by atoms with Gasteiger partial charge in [0.05, 0.1) is 13.2 Å². The largest absolute Gasteiger partial charge is 0.497 e. The Kier molecular flexibility index (Phi) is 2.52. The summed E-state index contributed by atoms with van der Waals surface area (Å²) in [5.74, 6) is 0.907. The van der Waals surface area contributed by atoms with E-state index in [0.29, 0.717) is 0 Å². The second-order valence-electron chi connectivity index (χ2n) is 4.49. The van der Waals surface area contributed by atoms with Gasteiger partial charge in [0.2, 0.25) is 0 Å². The van der Waals surface area contributed by atoms with E-state index in [1.54, 1.807) is 14.2 Å². The van der Waals surface area contributed by atoms with Gasteiger partial charge in [-0.2, -0.15) is 0 Å². The van der Waals surface area contributed by atoms with Crippen molar-refractivity contribution in [2.24, 2.45) is 0 Å². The van der Waals surface area contributed by atoms with Crippen molar-refractivity contribution in [3.05, 3.63) is 41.5 Å². The summed E-state index contributed by atoms with van der Waals surface area (Å²) in [6.45, 7) is 0. The third-order valence-electron chi connectivity index (χ3n) is 3.64. The standard InChI is InChI=1S/C15H16O2/c1-16-12-6-7-13-11(9-12)4-3-10-5-8-14(17-2)15(10)13/h3-4,6-7,9,14H,5,8H2,1-2H3. The highest BCUT2D eigenvalue weighted by Gasteiger charge is 2.24. The van der Waals surface area contributed by atoms with Gasteiger partial charge in [0.25, 0.3) is 0 Å². The maximum atomic E-state index is 5.57. The maximum absolute atomic E-state index is 5.57. The molecule has 2 aromatic rings. The molecule has 1 aliphatic carbocycles. The van der Waals surface area contributed by atoms with Gasteiger partial charge in [-0.15, -0.1) is 0 Å². The van der Waals surface area contributed by atoms with Crippen molar-refractivity contribution < 1.29 is 9.47 Å². The highest BCUT2D eigenvalue weighted by atomic mass is 16.5. The number of aryl methyl sites for hydroxylation is 1. The van der Waals surface area contributed by atoms with Gasteiger partial charge in [-0.3, -0.25) is 0 Å². The SMILES string of the molecule is COc1ccc2c3c(ccc2c1)CCC3OC. The summed E-state index contributed by atoms with van der Waals surface area (Å²) < 4.78 is 10.8. The predicted molar refractivity (Wildman–Crippen MR) is 68.6 cm³/mol. The minimum atomic E-state index is 0.252. The van der Waals surface area contributed by atoms with E-state index >= 15 is 0 Å². The molecule has 0 N–H and O–H groups in total. The molecular formula is C15H16O2. The molecule has 2 heteroatoms. The van der Waals surface area contributed by atoms with Crippen molar-refractivity contribution in [3.63, 3.8) is 0 Å². The molecule has 0 fully saturated rings. The van der Waals surface area contributed by atoms with Crippen molar-refractivity contribution >= 4 is 10.8 Å². The van der Waals surface area contributed by atoms with E-state index in [-0.39, 0.29) is 6.10 Å². The first-order valence-electron chi connectivity index (χ1n) is 5.96. The summed E-state index contributed by atoms with van der Waals surface area (Å²) in [5, 5.41) is 2.53. The molecular weight excluding hydrogens is 212 g/mol. The van der Waals surface area contributed by atoms with E-state index in [0.717, 1.165) is 18.6 Å². The number of hydrogen-bond acceptors (Lipinski definition) is 2. The minimum absolute atomic E-state index is 0.252. The third-order valence-corrected chi connectivity index (χ3v) is 3.64. The summed E-state index contributed by atoms with van der Waals surface area (Å²) in [4.78, 5) is 0. The highest BCUT2D eigenvalue weighted by molar-refractivity contribution is 5.88. The Balaban J connectivity index is 2.24. The van der Waals surface area contributed by atoms with Crippen LogP contribution < -0.4 is 4.74 Å². The van der Waals surface area contributed by atoms with Gasteiger partial charge in [-0.05, 0) is 46.9 Å². The molecule has 0 bridgehead atoms. The van der Waals surface area contributed by atoms with E-state index in [1.807, 2.05) is 6.07 Å². The van der Waals surface area contributed by atoms with E-state index in [2.05, 4.69) is 24.3 Å². The van der Waals surface area contributed by atoms with Crippen LogP contribution in [0.15, 0.2) is 30.3 Å². The van der Waals surface area contributed by atoms with E-state index in [1.165, 1.54) is 21.9 Å². The van der Waals surface area contributed by atoms with Gasteiger partial charge in [0.15, 0.2) is 0 Å². The van der Waals surface area contributed by atoms with Gasteiger partial charge in [0, 0.05) is 7.11 Å². The van der Waals surface area contributed by atoms with Crippen LogP contribution in [0.25, 0.3) is 10.8 Å². The van der Waals surface area contributed by atoms with Gasteiger partial charge in [-0.1, -0.05) is 18.2 Å². The fourth-order valence-electron chi connectivity index (χ4n) is 2.77. The summed E-state index contributed by atoms with van der Waals surface area (Å²) in [5.41, 5.74) is 2.79. The second kappa shape index (κ2) is 4.04. The van der Waals surface area contributed by atoms with E-state index in [4.69, 9.17) is 9.47 Å². The van der Waals surface area contributed by atoms with Crippen molar-refractivity contribution in [1.29, 1.82) is 0 Å². The number of methoxy groups -OCH3 is 2. The maximum Gasteiger partial charge on any atom is 0.119 e. The zero-order chi connectivity index (χ0) is 11.8. The monoisotopic (exact) mass is 228 g/mol. The lowest BCUT2D eigenvalue weighted by molar-refractivity contribution is 0.106. The quantitative estimate of drug-likeness (QED) is 0.783. The van der Waals surface area contributed by atoms with Crippen molar-refractivity contribution in [3.8, 4) is 5.75 Å². The second-order valence-corrected chi connectivity index (χ2v) is 4.49. The molecule has 88 valence electrons. The van der Waals surface area contributed by atoms with E-state index in [9.17, 15) is 0 Å². The Morgan fingerprint density at radius 1 is 1.12 bits per heavy atom. The van der Waals surface area contributed by atoms with Gasteiger partial charge < -0.3 is 9.47 Å². The van der Waals surface area contributed by atoms with Crippen LogP contribution in [-0.2, 0) is 11.2 Å². The number of rotatable bonds is 2. The molecule has 0 aliphatic heterocycles. The van der Waals surface area contributed by atoms with Crippen LogP contribution in [-0.4, -0.2) is 14.2 Å². The first-order chi connectivity index (χ1) is 8.33. The Hall–Kier alpha value is -1.54. The highest BCUT2D eigenvalue weighted by Crippen LogP contribution is 2.39. The van der Waals surface area contributed by atoms with Crippen LogP contribution >= 0.6 is 0 Å². The Morgan fingerprint density at radius 3 is 2.76 bits per heavy atom. The zero-order valence-electron chi connectivity index (χ0n) is 10.2. The molecule has 1 unspecified atom stereocenters. The summed E-state index contributed by atoms with van der Waals surface area (Å²) in [7, 11) is 3.49. The van der Waals surface area contributed by atoms with Crippen molar-refractivity contribution in [2.75, 3.05) is 14.2 Å². The number of fused-ring (bicyclic) bond motifs is 3. The van der Waals surface area contributed by atoms with E-state index < -0.39 is 0 Å². The lowest BCUT2D eigenvalue weighted by Gasteiger charge is -2.13. The molecule has 0 saturated heterocycles. The Labute approximate surface area is 101 Å². The normalized spacial score (nSPS) is 18.4. The molecule has 1 aliphatic rings. The van der Waals surface area contributed by atoms with Crippen molar-refractivity contribution in [1.82, 2.24) is 0 Å². The third kappa shape index (κ3) is 1.60. The molecule has 0 radical (unpaired) electrons. The number of ether oxygens (including phenoxy) is 2. The minimum Gasteiger partial charge on any atom is -0.497 e. The number of hydrogen-bond donors (Lipinski definition) is 0. The average molecular weight is 228 g/mol. The van der Waals surface area contributed by atoms with Gasteiger partial charge in [-0.25, -0.2) is 0 Å². The van der Waals surface area contributed by atoms with Crippen LogP contribution in [0, 0.1) is 0 Å². The Bertz CT molecular complexity index is 560. The topological polar surface area (TPSA) is 18.5 Å². The molecule has 1 atom stereocenters. The molecule has 0 spiro atoms. The predicted octanol–water partition coefficient (Wildman–Crippen LogP) is 3.48. The smallest absolute Gasteiger partial charge is 0.119 e. The van der Waals surface area contributed by atoms with Crippen LogP contribution in [0.2, 0.25) is 0 Å². The summed E-state index contributed by atoms with van der Waals surface area (Å²) >= 11 is 0. The molecule has 0 heterocycles. The van der Waals surface area contributed by atoms with Crippen LogP contribution in [0.5, 0.6) is 5.75 Å². The molecule has 0 aromatic heterocycles. The fraction of sp³-hybridized carbons (Fsp3) is 0.333. The molecule has 0 amide bonds. The Morgan fingerprint density at radius 2 is 2.00 bits per heavy atom. The average Bonchev–Trinajstić information content (AvgIpc) is 2.81.